The maximum atomic E-state index is 13.2. The molecule has 3 aromatic rings. The van der Waals surface area contributed by atoms with Crippen molar-refractivity contribution in [2.45, 2.75) is 6.42 Å². The summed E-state index contributed by atoms with van der Waals surface area (Å²) in [5, 5.41) is 5.12. The SMILES string of the molecule is CNC(=O)c1ccnc(NC(=O)c2ccc(Cc3cccc(F)c3)cn2)c1. The van der Waals surface area contributed by atoms with E-state index in [4.69, 9.17) is 0 Å². The standard InChI is InChI=1S/C20H17FN4O2/c1-22-19(26)15-7-8-23-18(11-15)25-20(27)17-6-5-14(12-24-17)9-13-3-2-4-16(21)10-13/h2-8,10-12H,9H2,1H3,(H,22,26)(H,23,25,27). The molecule has 2 heterocycles. The molecule has 0 fully saturated rings. The first kappa shape index (κ1) is 18.2. The van der Waals surface area contributed by atoms with Crippen LogP contribution in [0, 0.1) is 5.82 Å². The number of aromatic nitrogens is 2. The van der Waals surface area contributed by atoms with Crippen molar-refractivity contribution in [3.63, 3.8) is 0 Å². The molecule has 0 saturated carbocycles. The van der Waals surface area contributed by atoms with E-state index >= 15 is 0 Å². The predicted molar refractivity (Wildman–Crippen MR) is 99.0 cm³/mol. The normalized spacial score (nSPS) is 10.3. The van der Waals surface area contributed by atoms with E-state index < -0.39 is 5.91 Å². The molecule has 0 unspecified atom stereocenters. The number of rotatable bonds is 5. The molecule has 2 N–H and O–H groups in total. The third-order valence-corrected chi connectivity index (χ3v) is 3.85. The Morgan fingerprint density at radius 1 is 1.00 bits per heavy atom. The van der Waals surface area contributed by atoms with Crippen molar-refractivity contribution in [3.05, 3.63) is 89.1 Å². The van der Waals surface area contributed by atoms with Crippen molar-refractivity contribution >= 4 is 17.6 Å². The van der Waals surface area contributed by atoms with E-state index in [-0.39, 0.29) is 23.2 Å². The molecule has 27 heavy (non-hydrogen) atoms. The van der Waals surface area contributed by atoms with E-state index in [2.05, 4.69) is 20.6 Å². The zero-order chi connectivity index (χ0) is 19.2. The monoisotopic (exact) mass is 364 g/mol. The van der Waals surface area contributed by atoms with Crippen LogP contribution in [0.1, 0.15) is 32.0 Å². The summed E-state index contributed by atoms with van der Waals surface area (Å²) in [4.78, 5) is 32.1. The number of benzene rings is 1. The molecular formula is C20H17FN4O2. The number of hydrogen-bond acceptors (Lipinski definition) is 4. The van der Waals surface area contributed by atoms with E-state index in [0.29, 0.717) is 12.0 Å². The van der Waals surface area contributed by atoms with E-state index in [1.165, 1.54) is 31.4 Å². The average molecular weight is 364 g/mol. The molecule has 7 heteroatoms. The molecule has 1 aromatic carbocycles. The van der Waals surface area contributed by atoms with Crippen LogP contribution in [0.5, 0.6) is 0 Å². The maximum Gasteiger partial charge on any atom is 0.275 e. The quantitative estimate of drug-likeness (QED) is 0.729. The lowest BCUT2D eigenvalue weighted by molar-refractivity contribution is 0.0961. The first-order valence-electron chi connectivity index (χ1n) is 8.24. The van der Waals surface area contributed by atoms with Crippen molar-refractivity contribution in [2.75, 3.05) is 12.4 Å². The van der Waals surface area contributed by atoms with E-state index in [0.717, 1.165) is 11.1 Å². The van der Waals surface area contributed by atoms with E-state index in [1.54, 1.807) is 30.5 Å². The molecular weight excluding hydrogens is 347 g/mol. The second kappa shape index (κ2) is 8.18. The summed E-state index contributed by atoms with van der Waals surface area (Å²) in [6.07, 6.45) is 3.53. The van der Waals surface area contributed by atoms with Crippen LogP contribution in [-0.2, 0) is 6.42 Å². The fourth-order valence-electron chi connectivity index (χ4n) is 2.51. The van der Waals surface area contributed by atoms with Crippen LogP contribution < -0.4 is 10.6 Å². The summed E-state index contributed by atoms with van der Waals surface area (Å²) in [5.74, 6) is -0.740. The molecule has 0 aliphatic rings. The number of nitrogens with zero attached hydrogens (tertiary/aromatic N) is 2. The summed E-state index contributed by atoms with van der Waals surface area (Å²) in [5.41, 5.74) is 2.28. The molecule has 6 nitrogen and oxygen atoms in total. The lowest BCUT2D eigenvalue weighted by Gasteiger charge is -2.07. The number of amides is 2. The smallest absolute Gasteiger partial charge is 0.275 e. The average Bonchev–Trinajstić information content (AvgIpc) is 2.68. The highest BCUT2D eigenvalue weighted by molar-refractivity contribution is 6.03. The van der Waals surface area contributed by atoms with E-state index in [9.17, 15) is 14.0 Å². The van der Waals surface area contributed by atoms with Crippen molar-refractivity contribution in [3.8, 4) is 0 Å². The van der Waals surface area contributed by atoms with Gasteiger partial charge in [-0.25, -0.2) is 9.37 Å². The van der Waals surface area contributed by atoms with Crippen LogP contribution in [0.4, 0.5) is 10.2 Å². The van der Waals surface area contributed by atoms with Crippen LogP contribution in [0.15, 0.2) is 60.9 Å². The van der Waals surface area contributed by atoms with Gasteiger partial charge in [-0.05, 0) is 47.9 Å². The lowest BCUT2D eigenvalue weighted by Crippen LogP contribution is -2.19. The fourth-order valence-corrected chi connectivity index (χ4v) is 2.51. The van der Waals surface area contributed by atoms with Crippen molar-refractivity contribution < 1.29 is 14.0 Å². The van der Waals surface area contributed by atoms with Crippen LogP contribution >= 0.6 is 0 Å². The van der Waals surface area contributed by atoms with Gasteiger partial charge in [0.05, 0.1) is 0 Å². The molecule has 2 aromatic heterocycles. The fraction of sp³-hybridized carbons (Fsp3) is 0.100. The zero-order valence-electron chi connectivity index (χ0n) is 14.6. The van der Waals surface area contributed by atoms with Crippen LogP contribution in [0.25, 0.3) is 0 Å². The number of carbonyl (C=O) groups excluding carboxylic acids is 2. The third kappa shape index (κ3) is 4.72. The molecule has 136 valence electrons. The number of carbonyl (C=O) groups is 2. The first-order chi connectivity index (χ1) is 13.0. The van der Waals surface area contributed by atoms with Crippen molar-refractivity contribution in [2.24, 2.45) is 0 Å². The maximum absolute atomic E-state index is 13.2. The minimum Gasteiger partial charge on any atom is -0.355 e. The zero-order valence-corrected chi connectivity index (χ0v) is 14.6. The summed E-state index contributed by atoms with van der Waals surface area (Å²) < 4.78 is 13.2. The highest BCUT2D eigenvalue weighted by atomic mass is 19.1. The number of pyridine rings is 2. The number of halogens is 1. The van der Waals surface area contributed by atoms with Crippen molar-refractivity contribution in [1.29, 1.82) is 0 Å². The highest BCUT2D eigenvalue weighted by Gasteiger charge is 2.11. The third-order valence-electron chi connectivity index (χ3n) is 3.85. The van der Waals surface area contributed by atoms with Crippen molar-refractivity contribution in [1.82, 2.24) is 15.3 Å². The van der Waals surface area contributed by atoms with Crippen LogP contribution in [0.2, 0.25) is 0 Å². The first-order valence-corrected chi connectivity index (χ1v) is 8.24. The molecule has 0 radical (unpaired) electrons. The Balaban J connectivity index is 1.68. The molecule has 2 amide bonds. The Morgan fingerprint density at radius 3 is 2.56 bits per heavy atom. The molecule has 3 rings (SSSR count). The van der Waals surface area contributed by atoms with Gasteiger partial charge in [-0.3, -0.25) is 14.6 Å². The Kier molecular flexibility index (Phi) is 5.51. The molecule has 0 saturated heterocycles. The van der Waals surface area contributed by atoms with Gasteiger partial charge in [-0.2, -0.15) is 0 Å². The van der Waals surface area contributed by atoms with Gasteiger partial charge in [-0.1, -0.05) is 18.2 Å². The Hall–Kier alpha value is -3.61. The van der Waals surface area contributed by atoms with Gasteiger partial charge >= 0.3 is 0 Å². The number of hydrogen-bond donors (Lipinski definition) is 2. The Bertz CT molecular complexity index is 974. The predicted octanol–water partition coefficient (Wildman–Crippen LogP) is 2.82. The van der Waals surface area contributed by atoms with Gasteiger partial charge in [0.1, 0.15) is 17.3 Å². The topological polar surface area (TPSA) is 84.0 Å². The molecule has 0 atom stereocenters. The Labute approximate surface area is 155 Å². The minimum absolute atomic E-state index is 0.213. The second-order valence-corrected chi connectivity index (χ2v) is 5.82. The van der Waals surface area contributed by atoms with Crippen LogP contribution in [-0.4, -0.2) is 28.8 Å². The lowest BCUT2D eigenvalue weighted by atomic mass is 10.1. The van der Waals surface area contributed by atoms with Gasteiger partial charge in [0.15, 0.2) is 0 Å². The van der Waals surface area contributed by atoms with Crippen LogP contribution in [0.3, 0.4) is 0 Å². The largest absolute Gasteiger partial charge is 0.355 e. The molecule has 0 aliphatic carbocycles. The summed E-state index contributed by atoms with van der Waals surface area (Å²) in [6, 6.07) is 12.7. The molecule has 0 spiro atoms. The number of anilines is 1. The van der Waals surface area contributed by atoms with Gasteiger partial charge in [0, 0.05) is 25.0 Å². The summed E-state index contributed by atoms with van der Waals surface area (Å²) >= 11 is 0. The molecule has 0 aliphatic heterocycles. The minimum atomic E-state index is -0.436. The second-order valence-electron chi connectivity index (χ2n) is 5.82. The number of nitrogens with one attached hydrogen (secondary N) is 2. The van der Waals surface area contributed by atoms with Gasteiger partial charge in [-0.15, -0.1) is 0 Å². The Morgan fingerprint density at radius 2 is 1.85 bits per heavy atom. The summed E-state index contributed by atoms with van der Waals surface area (Å²) in [6.45, 7) is 0. The molecule has 0 bridgehead atoms. The highest BCUT2D eigenvalue weighted by Crippen LogP contribution is 2.12. The van der Waals surface area contributed by atoms with Gasteiger partial charge in [0.2, 0.25) is 0 Å². The van der Waals surface area contributed by atoms with Gasteiger partial charge < -0.3 is 10.6 Å². The summed E-state index contributed by atoms with van der Waals surface area (Å²) in [7, 11) is 1.52. The van der Waals surface area contributed by atoms with E-state index in [1.807, 2.05) is 6.07 Å². The van der Waals surface area contributed by atoms with Gasteiger partial charge in [0.25, 0.3) is 11.8 Å².